The third-order valence-corrected chi connectivity index (χ3v) is 1.32. The first kappa shape index (κ1) is 9.56. The molecule has 72 valence electrons. The molecule has 0 aliphatic heterocycles. The van der Waals surface area contributed by atoms with Gasteiger partial charge in [0, 0.05) is 0 Å². The summed E-state index contributed by atoms with van der Waals surface area (Å²) in [7, 11) is 0. The zero-order valence-corrected chi connectivity index (χ0v) is 6.16. The van der Waals surface area contributed by atoms with Crippen molar-refractivity contribution in [2.75, 3.05) is 13.2 Å². The van der Waals surface area contributed by atoms with Crippen molar-refractivity contribution in [1.82, 2.24) is 0 Å². The lowest BCUT2D eigenvalue weighted by Gasteiger charge is -2.19. The summed E-state index contributed by atoms with van der Waals surface area (Å²) >= 11 is 0. The zero-order valence-electron chi connectivity index (χ0n) is 7.16. The first-order valence-corrected chi connectivity index (χ1v) is 3.21. The van der Waals surface area contributed by atoms with Gasteiger partial charge in [0.1, 0.15) is 24.9 Å². The molecule has 0 saturated heterocycles. The Morgan fingerprint density at radius 2 is 1.83 bits per heavy atom. The summed E-state index contributed by atoms with van der Waals surface area (Å²) in [6.07, 6.45) is -5.66. The fourth-order valence-electron chi connectivity index (χ4n) is 0.563. The molecular weight excluding hydrogens is 168 g/mol. The molecule has 0 rings (SSSR count). The van der Waals surface area contributed by atoms with Crippen LogP contribution in [0.25, 0.3) is 0 Å². The number of carbonyl (C=O) groups is 1. The Bertz CT molecular complexity index is 173. The van der Waals surface area contributed by atoms with Crippen LogP contribution in [-0.2, 0) is 4.79 Å². The molecule has 0 bridgehead atoms. The minimum atomic E-state index is -2.17. The summed E-state index contributed by atoms with van der Waals surface area (Å²) in [4.78, 5) is 10.7. The van der Waals surface area contributed by atoms with Gasteiger partial charge in [0.15, 0.2) is 5.78 Å². The van der Waals surface area contributed by atoms with E-state index in [1.807, 2.05) is 0 Å². The monoisotopic (exact) mass is 181 g/mol. The van der Waals surface area contributed by atoms with Crippen molar-refractivity contribution in [2.24, 2.45) is 0 Å². The molecule has 0 spiro atoms. The Hall–Kier alpha value is -0.530. The van der Waals surface area contributed by atoms with Crippen molar-refractivity contribution < 1.29 is 31.7 Å². The first-order valence-electron chi connectivity index (χ1n) is 3.78. The second-order valence-corrected chi connectivity index (χ2v) is 2.22. The van der Waals surface area contributed by atoms with E-state index in [0.717, 1.165) is 0 Å². The summed E-state index contributed by atoms with van der Waals surface area (Å²) in [5.41, 5.74) is 0. The lowest BCUT2D eigenvalue weighted by molar-refractivity contribution is -0.142. The Labute approximate surface area is 70.1 Å². The highest BCUT2D eigenvalue weighted by molar-refractivity contribution is 5.84. The third-order valence-electron chi connectivity index (χ3n) is 1.32. The van der Waals surface area contributed by atoms with Crippen molar-refractivity contribution in [3.63, 3.8) is 0 Å². The van der Waals surface area contributed by atoms with Gasteiger partial charge in [-0.05, 0) is 0 Å². The molecule has 0 aromatic rings. The van der Waals surface area contributed by atoms with E-state index in [2.05, 4.69) is 0 Å². The number of rotatable bonds is 5. The second kappa shape index (κ2) is 5.18. The third kappa shape index (κ3) is 2.84. The summed E-state index contributed by atoms with van der Waals surface area (Å²) in [5.74, 6) is -1.33. The largest absolute Gasteiger partial charge is 0.394 e. The summed E-state index contributed by atoms with van der Waals surface area (Å²) in [6.45, 7) is -3.00. The summed E-state index contributed by atoms with van der Waals surface area (Å²) in [6, 6.07) is 0. The van der Waals surface area contributed by atoms with Gasteiger partial charge in [0.2, 0.25) is 0 Å². The van der Waals surface area contributed by atoms with E-state index in [1.165, 1.54) is 0 Å². The lowest BCUT2D eigenvalue weighted by atomic mass is 10.1. The maximum atomic E-state index is 10.7. The SMILES string of the molecule is [2H]C(O)C(=O)[C@@H](O)[C@H](O)[C@H](O)CO. The van der Waals surface area contributed by atoms with Crippen LogP contribution in [-0.4, -0.2) is 62.8 Å². The van der Waals surface area contributed by atoms with Crippen LogP contribution in [0.1, 0.15) is 1.37 Å². The molecule has 5 N–H and O–H groups in total. The number of hydrogen-bond acceptors (Lipinski definition) is 6. The molecule has 6 nitrogen and oxygen atoms in total. The molecule has 0 fully saturated rings. The first-order chi connectivity index (χ1) is 5.91. The van der Waals surface area contributed by atoms with Crippen LogP contribution < -0.4 is 0 Å². The standard InChI is InChI=1S/C6H12O6/c7-1-3(9)5(11)6(12)4(10)2-8/h3,5-9,11-12H,1-2H2/t3-,5-,6-/m1/s1/i2D/t2?,3-,5-,6-. The van der Waals surface area contributed by atoms with Crippen molar-refractivity contribution >= 4 is 5.78 Å². The van der Waals surface area contributed by atoms with E-state index in [1.54, 1.807) is 0 Å². The molecule has 0 amide bonds. The van der Waals surface area contributed by atoms with Crippen molar-refractivity contribution in [2.45, 2.75) is 18.3 Å². The number of ketones is 1. The maximum absolute atomic E-state index is 10.7. The van der Waals surface area contributed by atoms with Crippen LogP contribution in [0.4, 0.5) is 0 Å². The smallest absolute Gasteiger partial charge is 0.189 e. The van der Waals surface area contributed by atoms with Gasteiger partial charge in [0.25, 0.3) is 0 Å². The van der Waals surface area contributed by atoms with E-state index < -0.39 is 37.3 Å². The fourth-order valence-corrected chi connectivity index (χ4v) is 0.563. The molecule has 0 saturated carbocycles. The minimum absolute atomic E-state index is 0.834. The van der Waals surface area contributed by atoms with E-state index in [0.29, 0.717) is 0 Å². The maximum Gasteiger partial charge on any atom is 0.189 e. The number of Topliss-reactive ketones (excluding diaryl/α,β-unsaturated/α-hetero) is 1. The second-order valence-electron chi connectivity index (χ2n) is 2.22. The highest BCUT2D eigenvalue weighted by Gasteiger charge is 2.28. The van der Waals surface area contributed by atoms with Gasteiger partial charge in [-0.25, -0.2) is 0 Å². The molecule has 0 aliphatic carbocycles. The van der Waals surface area contributed by atoms with Gasteiger partial charge in [0.05, 0.1) is 7.98 Å². The Morgan fingerprint density at radius 3 is 2.17 bits per heavy atom. The zero-order chi connectivity index (χ0) is 10.6. The van der Waals surface area contributed by atoms with Crippen LogP contribution in [0.2, 0.25) is 0 Å². The van der Waals surface area contributed by atoms with E-state index in [4.69, 9.17) is 26.9 Å². The molecule has 0 aromatic heterocycles. The van der Waals surface area contributed by atoms with Crippen molar-refractivity contribution in [3.8, 4) is 0 Å². The molecule has 0 aromatic carbocycles. The number of hydrogen-bond donors (Lipinski definition) is 5. The predicted octanol–water partition coefficient (Wildman–Crippen LogP) is -3.38. The molecule has 6 heteroatoms. The van der Waals surface area contributed by atoms with Gasteiger partial charge in [-0.15, -0.1) is 0 Å². The van der Waals surface area contributed by atoms with Gasteiger partial charge in [-0.1, -0.05) is 0 Å². The molecular formula is C6H12O6. The highest BCUT2D eigenvalue weighted by Crippen LogP contribution is 2.00. The summed E-state index contributed by atoms with van der Waals surface area (Å²) in [5, 5.41) is 43.3. The topological polar surface area (TPSA) is 118 Å². The molecule has 0 radical (unpaired) electrons. The minimum Gasteiger partial charge on any atom is -0.394 e. The molecule has 12 heavy (non-hydrogen) atoms. The predicted molar refractivity (Wildman–Crippen MR) is 37.2 cm³/mol. The number of carbonyl (C=O) groups excluding carboxylic acids is 1. The number of aliphatic hydroxyl groups is 5. The number of aliphatic hydroxyl groups excluding tert-OH is 5. The average Bonchev–Trinajstić information content (AvgIpc) is 2.12. The summed E-state index contributed by atoms with van der Waals surface area (Å²) < 4.78 is 6.50. The Morgan fingerprint density at radius 1 is 1.33 bits per heavy atom. The Kier molecular flexibility index (Phi) is 4.12. The molecule has 4 atom stereocenters. The van der Waals surface area contributed by atoms with Gasteiger partial charge in [-0.2, -0.15) is 0 Å². The Balaban J connectivity index is 4.24. The molecule has 0 heterocycles. The highest BCUT2D eigenvalue weighted by atomic mass is 16.4. The van der Waals surface area contributed by atoms with E-state index >= 15 is 0 Å². The normalized spacial score (nSPS) is 22.2. The lowest BCUT2D eigenvalue weighted by Crippen LogP contribution is -2.44. The van der Waals surface area contributed by atoms with Crippen LogP contribution in [0.3, 0.4) is 0 Å². The molecule has 0 aliphatic rings. The fraction of sp³-hybridized carbons (Fsp3) is 0.833. The van der Waals surface area contributed by atoms with Crippen LogP contribution in [0.15, 0.2) is 0 Å². The van der Waals surface area contributed by atoms with Crippen LogP contribution in [0.5, 0.6) is 0 Å². The average molecular weight is 181 g/mol. The van der Waals surface area contributed by atoms with Gasteiger partial charge < -0.3 is 25.5 Å². The quantitative estimate of drug-likeness (QED) is 0.302. The van der Waals surface area contributed by atoms with Gasteiger partial charge >= 0.3 is 0 Å². The van der Waals surface area contributed by atoms with E-state index in [-0.39, 0.29) is 0 Å². The van der Waals surface area contributed by atoms with E-state index in [9.17, 15) is 4.79 Å². The molecule has 1 unspecified atom stereocenters. The van der Waals surface area contributed by atoms with Crippen molar-refractivity contribution in [1.29, 1.82) is 0 Å². The van der Waals surface area contributed by atoms with Crippen LogP contribution in [0, 0.1) is 0 Å². The van der Waals surface area contributed by atoms with Crippen LogP contribution >= 0.6 is 0 Å². The van der Waals surface area contributed by atoms with Crippen molar-refractivity contribution in [3.05, 3.63) is 0 Å². The van der Waals surface area contributed by atoms with Gasteiger partial charge in [-0.3, -0.25) is 4.79 Å².